The molecule has 24 heavy (non-hydrogen) atoms. The summed E-state index contributed by atoms with van der Waals surface area (Å²) >= 11 is 0. The Morgan fingerprint density at radius 3 is 1.17 bits per heavy atom. The fourth-order valence-electron chi connectivity index (χ4n) is 2.32. The average molecular weight is 326 g/mol. The zero-order chi connectivity index (χ0) is 18.0. The predicted octanol–water partition coefficient (Wildman–Crippen LogP) is 4.72. The van der Waals surface area contributed by atoms with Crippen LogP contribution in [0.3, 0.4) is 0 Å². The van der Waals surface area contributed by atoms with Crippen LogP contribution in [0.2, 0.25) is 0 Å². The lowest BCUT2D eigenvalue weighted by Crippen LogP contribution is -2.29. The molecule has 2 aromatic carbocycles. The number of hydrogen-bond donors (Lipinski definition) is 1. The molecule has 3 nitrogen and oxygen atoms in total. The van der Waals surface area contributed by atoms with Gasteiger partial charge < -0.3 is 14.3 Å². The fraction of sp³-hybridized carbons (Fsp3) is 0.400. The first-order valence-corrected chi connectivity index (χ1v) is 8.28. The van der Waals surface area contributed by atoms with E-state index in [1.807, 2.05) is 48.5 Å². The zero-order valence-electron chi connectivity index (χ0n) is 15.5. The van der Waals surface area contributed by atoms with Crippen molar-refractivity contribution in [3.8, 4) is 11.5 Å². The molecule has 0 radical (unpaired) electrons. The maximum Gasteiger partial charge on any atom is 0.785 e. The minimum absolute atomic E-state index is 0.0858. The molecule has 0 bridgehead atoms. The third-order valence-electron chi connectivity index (χ3n) is 3.91. The lowest BCUT2D eigenvalue weighted by atomic mass is 9.87. The highest BCUT2D eigenvalue weighted by Crippen LogP contribution is 2.26. The third kappa shape index (κ3) is 5.03. The van der Waals surface area contributed by atoms with Gasteiger partial charge in [0.15, 0.2) is 0 Å². The van der Waals surface area contributed by atoms with Gasteiger partial charge in [-0.2, -0.15) is 0 Å². The number of rotatable bonds is 4. The van der Waals surface area contributed by atoms with E-state index < -0.39 is 7.32 Å². The van der Waals surface area contributed by atoms with Gasteiger partial charge in [0.05, 0.1) is 0 Å². The smallest absolute Gasteiger partial charge is 0.501 e. The Morgan fingerprint density at radius 2 is 0.917 bits per heavy atom. The highest BCUT2D eigenvalue weighted by Gasteiger charge is 2.22. The number of benzene rings is 2. The van der Waals surface area contributed by atoms with Gasteiger partial charge in [-0.25, -0.2) is 0 Å². The molecule has 0 saturated carbocycles. The van der Waals surface area contributed by atoms with E-state index >= 15 is 0 Å². The molecule has 0 unspecified atom stereocenters. The molecule has 0 aromatic heterocycles. The van der Waals surface area contributed by atoms with Crippen molar-refractivity contribution in [2.24, 2.45) is 0 Å². The van der Waals surface area contributed by atoms with Crippen LogP contribution in [0.15, 0.2) is 48.5 Å². The molecule has 0 amide bonds. The standard InChI is InChI=1S/C20H27BO3/c1-19(2,3)15-7-11-17(12-8-15)23-21(22)24-18-13-9-16(10-14-18)20(4,5)6/h7-14,22H,1-6H3. The minimum atomic E-state index is -1.34. The lowest BCUT2D eigenvalue weighted by molar-refractivity contribution is 0.297. The first-order valence-electron chi connectivity index (χ1n) is 8.28. The van der Waals surface area contributed by atoms with E-state index in [1.54, 1.807) is 0 Å². The summed E-state index contributed by atoms with van der Waals surface area (Å²) in [7, 11) is -1.34. The van der Waals surface area contributed by atoms with E-state index in [9.17, 15) is 5.02 Å². The van der Waals surface area contributed by atoms with Gasteiger partial charge in [0.2, 0.25) is 0 Å². The summed E-state index contributed by atoms with van der Waals surface area (Å²) in [5.41, 5.74) is 2.59. The van der Waals surface area contributed by atoms with E-state index in [1.165, 1.54) is 11.1 Å². The van der Waals surface area contributed by atoms with E-state index in [0.29, 0.717) is 11.5 Å². The topological polar surface area (TPSA) is 38.7 Å². The molecule has 0 atom stereocenters. The van der Waals surface area contributed by atoms with Crippen molar-refractivity contribution in [3.05, 3.63) is 59.7 Å². The van der Waals surface area contributed by atoms with Crippen LogP contribution in [0.5, 0.6) is 11.5 Å². The zero-order valence-corrected chi connectivity index (χ0v) is 15.5. The summed E-state index contributed by atoms with van der Waals surface area (Å²) in [5.74, 6) is 1.14. The SMILES string of the molecule is CC(C)(C)c1ccc(OB(O)Oc2ccc(C(C)(C)C)cc2)cc1. The van der Waals surface area contributed by atoms with Crippen LogP contribution in [-0.4, -0.2) is 12.3 Å². The Hall–Kier alpha value is -1.94. The van der Waals surface area contributed by atoms with Crippen molar-refractivity contribution in [3.63, 3.8) is 0 Å². The Balaban J connectivity index is 1.97. The van der Waals surface area contributed by atoms with Crippen LogP contribution in [0.25, 0.3) is 0 Å². The van der Waals surface area contributed by atoms with Crippen molar-refractivity contribution < 1.29 is 14.3 Å². The van der Waals surface area contributed by atoms with Crippen LogP contribution in [0.1, 0.15) is 52.7 Å². The maximum atomic E-state index is 9.97. The monoisotopic (exact) mass is 326 g/mol. The second kappa shape index (κ2) is 6.90. The van der Waals surface area contributed by atoms with Crippen LogP contribution >= 0.6 is 0 Å². The van der Waals surface area contributed by atoms with Gasteiger partial charge in [0, 0.05) is 0 Å². The van der Waals surface area contributed by atoms with Crippen molar-refractivity contribution in [2.45, 2.75) is 52.4 Å². The second-order valence-corrected chi connectivity index (χ2v) is 8.09. The fourth-order valence-corrected chi connectivity index (χ4v) is 2.32. The first-order chi connectivity index (χ1) is 11.1. The molecular weight excluding hydrogens is 299 g/mol. The van der Waals surface area contributed by atoms with Gasteiger partial charge in [-0.15, -0.1) is 0 Å². The van der Waals surface area contributed by atoms with Gasteiger partial charge in [-0.3, -0.25) is 0 Å². The van der Waals surface area contributed by atoms with Gasteiger partial charge in [0.25, 0.3) is 0 Å². The molecule has 1 N–H and O–H groups in total. The number of hydrogen-bond acceptors (Lipinski definition) is 3. The quantitative estimate of drug-likeness (QED) is 0.827. The molecule has 0 aliphatic carbocycles. The van der Waals surface area contributed by atoms with Crippen LogP contribution in [0, 0.1) is 0 Å². The highest BCUT2D eigenvalue weighted by molar-refractivity contribution is 6.36. The maximum absolute atomic E-state index is 9.97. The molecule has 0 aliphatic rings. The van der Waals surface area contributed by atoms with Crippen molar-refractivity contribution in [1.29, 1.82) is 0 Å². The molecule has 128 valence electrons. The van der Waals surface area contributed by atoms with Crippen LogP contribution in [-0.2, 0) is 10.8 Å². The molecular formula is C20H27BO3. The second-order valence-electron chi connectivity index (χ2n) is 8.09. The Bertz CT molecular complexity index is 590. The average Bonchev–Trinajstić information content (AvgIpc) is 2.46. The molecule has 0 heterocycles. The largest absolute Gasteiger partial charge is 0.785 e. The Labute approximate surface area is 145 Å². The normalized spacial score (nSPS) is 12.0. The molecule has 4 heteroatoms. The summed E-state index contributed by atoms with van der Waals surface area (Å²) in [5, 5.41) is 9.97. The van der Waals surface area contributed by atoms with Gasteiger partial charge in [-0.1, -0.05) is 65.8 Å². The third-order valence-corrected chi connectivity index (χ3v) is 3.91. The van der Waals surface area contributed by atoms with Crippen LogP contribution in [0.4, 0.5) is 0 Å². The van der Waals surface area contributed by atoms with Gasteiger partial charge >= 0.3 is 7.32 Å². The van der Waals surface area contributed by atoms with Crippen molar-refractivity contribution in [1.82, 2.24) is 0 Å². The first kappa shape index (κ1) is 18.4. The highest BCUT2D eigenvalue weighted by atomic mass is 16.7. The Morgan fingerprint density at radius 1 is 0.625 bits per heavy atom. The van der Waals surface area contributed by atoms with Crippen molar-refractivity contribution in [2.75, 3.05) is 0 Å². The van der Waals surface area contributed by atoms with E-state index in [2.05, 4.69) is 41.5 Å². The van der Waals surface area contributed by atoms with E-state index in [4.69, 9.17) is 9.31 Å². The lowest BCUT2D eigenvalue weighted by Gasteiger charge is -2.20. The summed E-state index contributed by atoms with van der Waals surface area (Å²) < 4.78 is 10.8. The molecule has 0 spiro atoms. The molecule has 0 saturated heterocycles. The summed E-state index contributed by atoms with van der Waals surface area (Å²) in [6, 6.07) is 15.4. The molecule has 0 aliphatic heterocycles. The van der Waals surface area contributed by atoms with E-state index in [-0.39, 0.29) is 10.8 Å². The van der Waals surface area contributed by atoms with Crippen LogP contribution < -0.4 is 9.31 Å². The van der Waals surface area contributed by atoms with Gasteiger partial charge in [0.1, 0.15) is 11.5 Å². The predicted molar refractivity (Wildman–Crippen MR) is 99.5 cm³/mol. The molecule has 2 rings (SSSR count). The summed E-state index contributed by atoms with van der Waals surface area (Å²) in [4.78, 5) is 0. The molecule has 2 aromatic rings. The van der Waals surface area contributed by atoms with Gasteiger partial charge in [-0.05, 0) is 46.2 Å². The molecule has 0 fully saturated rings. The summed E-state index contributed by atoms with van der Waals surface area (Å²) in [6.45, 7) is 12.9. The van der Waals surface area contributed by atoms with Crippen molar-refractivity contribution >= 4 is 7.32 Å². The van der Waals surface area contributed by atoms with E-state index in [0.717, 1.165) is 0 Å². The Kier molecular flexibility index (Phi) is 5.29. The minimum Gasteiger partial charge on any atom is -0.501 e. The summed E-state index contributed by atoms with van der Waals surface area (Å²) in [6.07, 6.45) is 0.